The topological polar surface area (TPSA) is 58.1 Å². The van der Waals surface area contributed by atoms with Gasteiger partial charge in [-0.25, -0.2) is 14.4 Å². The number of aryl methyl sites for hydroxylation is 1. The Morgan fingerprint density at radius 1 is 1.22 bits per heavy atom. The van der Waals surface area contributed by atoms with Gasteiger partial charge in [0.1, 0.15) is 5.82 Å². The second kappa shape index (κ2) is 7.23. The molecule has 1 saturated heterocycles. The number of nitrogens with zero attached hydrogens (tertiary/aromatic N) is 3. The van der Waals surface area contributed by atoms with E-state index in [2.05, 4.69) is 31.2 Å². The summed E-state index contributed by atoms with van der Waals surface area (Å²) in [5.41, 5.74) is 3.21. The third-order valence-corrected chi connectivity index (χ3v) is 5.34. The van der Waals surface area contributed by atoms with Crippen LogP contribution in [0.5, 0.6) is 0 Å². The molecule has 2 aromatic heterocycles. The number of likely N-dealkylation sites (tertiary alicyclic amines) is 1. The minimum atomic E-state index is -0.335. The monoisotopic (exact) mass is 428 g/mol. The summed E-state index contributed by atoms with van der Waals surface area (Å²) in [6.07, 6.45) is 3.61. The van der Waals surface area contributed by atoms with E-state index in [0.717, 1.165) is 37.0 Å². The highest BCUT2D eigenvalue weighted by Crippen LogP contribution is 2.33. The van der Waals surface area contributed by atoms with Gasteiger partial charge in [-0.3, -0.25) is 4.79 Å². The highest BCUT2D eigenvalue weighted by molar-refractivity contribution is 9.10. The first kappa shape index (κ1) is 17.9. The van der Waals surface area contributed by atoms with Crippen LogP contribution in [0.1, 0.15) is 28.9 Å². The molecule has 0 radical (unpaired) electrons. The van der Waals surface area contributed by atoms with Crippen LogP contribution in [0, 0.1) is 12.7 Å². The van der Waals surface area contributed by atoms with E-state index in [1.165, 1.54) is 12.1 Å². The minimum absolute atomic E-state index is 0.0526. The number of benzene rings is 1. The van der Waals surface area contributed by atoms with Crippen LogP contribution in [0.25, 0.3) is 11.0 Å². The predicted octanol–water partition coefficient (Wildman–Crippen LogP) is 4.82. The van der Waals surface area contributed by atoms with E-state index >= 15 is 0 Å². The third-order valence-electron chi connectivity index (χ3n) is 4.68. The van der Waals surface area contributed by atoms with Gasteiger partial charge >= 0.3 is 0 Å². The largest absolute Gasteiger partial charge is 0.353 e. The third kappa shape index (κ3) is 3.51. The zero-order chi connectivity index (χ0) is 19.0. The number of carbonyl (C=O) groups excluding carboxylic acids is 1. The van der Waals surface area contributed by atoms with Crippen molar-refractivity contribution < 1.29 is 9.18 Å². The van der Waals surface area contributed by atoms with E-state index in [1.807, 2.05) is 24.0 Å². The van der Waals surface area contributed by atoms with E-state index < -0.39 is 0 Å². The average molecular weight is 429 g/mol. The van der Waals surface area contributed by atoms with Crippen LogP contribution < -0.4 is 5.32 Å². The van der Waals surface area contributed by atoms with E-state index in [4.69, 9.17) is 0 Å². The molecule has 0 spiro atoms. The summed E-state index contributed by atoms with van der Waals surface area (Å²) < 4.78 is 14.0. The summed E-state index contributed by atoms with van der Waals surface area (Å²) in [6.45, 7) is 3.40. The molecule has 3 heterocycles. The number of amides is 1. The minimum Gasteiger partial charge on any atom is -0.353 e. The lowest BCUT2D eigenvalue weighted by atomic mass is 10.1. The lowest BCUT2D eigenvalue weighted by molar-refractivity contribution is 0.0793. The van der Waals surface area contributed by atoms with Gasteiger partial charge in [-0.2, -0.15) is 0 Å². The number of nitrogens with one attached hydrogen (secondary N) is 1. The van der Waals surface area contributed by atoms with Crippen molar-refractivity contribution in [3.63, 3.8) is 0 Å². The van der Waals surface area contributed by atoms with Crippen LogP contribution in [-0.2, 0) is 0 Å². The molecule has 1 aliphatic rings. The zero-order valence-electron chi connectivity index (χ0n) is 14.8. The number of anilines is 2. The Hall–Kier alpha value is -2.54. The Morgan fingerprint density at radius 2 is 2.00 bits per heavy atom. The molecule has 1 N–H and O–H groups in total. The highest BCUT2D eigenvalue weighted by Gasteiger charge is 2.24. The van der Waals surface area contributed by atoms with Crippen molar-refractivity contribution in [3.05, 3.63) is 58.1 Å². The Balaban J connectivity index is 1.85. The SMILES string of the molecule is Cc1ccc2c(Nc3ccc(F)cc3Br)c(C(=O)N3CCCC3)cnc2n1. The van der Waals surface area contributed by atoms with Crippen molar-refractivity contribution in [1.82, 2.24) is 14.9 Å². The van der Waals surface area contributed by atoms with Gasteiger partial charge in [-0.1, -0.05) is 0 Å². The number of hydrogen-bond acceptors (Lipinski definition) is 4. The van der Waals surface area contributed by atoms with Gasteiger partial charge in [0.2, 0.25) is 0 Å². The molecule has 7 heteroatoms. The average Bonchev–Trinajstić information content (AvgIpc) is 3.18. The van der Waals surface area contributed by atoms with E-state index in [9.17, 15) is 9.18 Å². The summed E-state index contributed by atoms with van der Waals surface area (Å²) in [5.74, 6) is -0.388. The van der Waals surface area contributed by atoms with Gasteiger partial charge in [0.05, 0.1) is 16.9 Å². The predicted molar refractivity (Wildman–Crippen MR) is 107 cm³/mol. The standard InChI is InChI=1S/C20H18BrFN4O/c1-12-4-6-14-18(25-17-7-5-13(22)10-16(17)21)15(11-23-19(14)24-12)20(27)26-8-2-3-9-26/h4-7,10-11H,2-3,8-9H2,1H3,(H,23,24,25). The smallest absolute Gasteiger partial charge is 0.257 e. The maximum atomic E-state index is 13.5. The van der Waals surface area contributed by atoms with Crippen molar-refractivity contribution in [2.75, 3.05) is 18.4 Å². The normalized spacial score (nSPS) is 14.0. The number of fused-ring (bicyclic) bond motifs is 1. The molecule has 3 aromatic rings. The van der Waals surface area contributed by atoms with E-state index in [1.54, 1.807) is 12.3 Å². The molecule has 27 heavy (non-hydrogen) atoms. The molecule has 5 nitrogen and oxygen atoms in total. The van der Waals surface area contributed by atoms with Gasteiger partial charge in [-0.15, -0.1) is 0 Å². The maximum absolute atomic E-state index is 13.5. The van der Waals surface area contributed by atoms with Crippen molar-refractivity contribution in [2.45, 2.75) is 19.8 Å². The van der Waals surface area contributed by atoms with Gasteiger partial charge in [-0.05, 0) is 66.0 Å². The van der Waals surface area contributed by atoms with Crippen LogP contribution in [0.2, 0.25) is 0 Å². The summed E-state index contributed by atoms with van der Waals surface area (Å²) in [7, 11) is 0. The number of aromatic nitrogens is 2. The second-order valence-corrected chi connectivity index (χ2v) is 7.47. The summed E-state index contributed by atoms with van der Waals surface area (Å²) in [4.78, 5) is 23.8. The van der Waals surface area contributed by atoms with E-state index in [-0.39, 0.29) is 11.7 Å². The fourth-order valence-electron chi connectivity index (χ4n) is 3.28. The van der Waals surface area contributed by atoms with Crippen molar-refractivity contribution in [1.29, 1.82) is 0 Å². The Labute approximate surface area is 164 Å². The first-order valence-corrected chi connectivity index (χ1v) is 9.60. The molecule has 138 valence electrons. The molecule has 0 aliphatic carbocycles. The van der Waals surface area contributed by atoms with Crippen molar-refractivity contribution >= 4 is 44.2 Å². The molecule has 4 rings (SSSR count). The number of rotatable bonds is 3. The first-order valence-electron chi connectivity index (χ1n) is 8.80. The molecular weight excluding hydrogens is 411 g/mol. The van der Waals surface area contributed by atoms with Gasteiger partial charge in [0, 0.05) is 34.8 Å². The van der Waals surface area contributed by atoms with Crippen LogP contribution in [0.15, 0.2) is 41.0 Å². The van der Waals surface area contributed by atoms with Crippen molar-refractivity contribution in [2.24, 2.45) is 0 Å². The van der Waals surface area contributed by atoms with Crippen molar-refractivity contribution in [3.8, 4) is 0 Å². The fraction of sp³-hybridized carbons (Fsp3) is 0.250. The first-order chi connectivity index (χ1) is 13.0. The molecular formula is C20H18BrFN4O. The fourth-order valence-corrected chi connectivity index (χ4v) is 3.73. The van der Waals surface area contributed by atoms with Gasteiger partial charge < -0.3 is 10.2 Å². The second-order valence-electron chi connectivity index (χ2n) is 6.62. The Morgan fingerprint density at radius 3 is 2.74 bits per heavy atom. The van der Waals surface area contributed by atoms with Gasteiger partial charge in [0.25, 0.3) is 5.91 Å². The van der Waals surface area contributed by atoms with Crippen LogP contribution in [0.4, 0.5) is 15.8 Å². The summed E-state index contributed by atoms with van der Waals surface area (Å²) >= 11 is 3.38. The summed E-state index contributed by atoms with van der Waals surface area (Å²) in [6, 6.07) is 8.19. The lowest BCUT2D eigenvalue weighted by Gasteiger charge is -2.20. The van der Waals surface area contributed by atoms with E-state index in [0.29, 0.717) is 27.1 Å². The Kier molecular flexibility index (Phi) is 4.78. The molecule has 1 aromatic carbocycles. The number of pyridine rings is 2. The molecule has 0 bridgehead atoms. The number of hydrogen-bond donors (Lipinski definition) is 1. The lowest BCUT2D eigenvalue weighted by Crippen LogP contribution is -2.28. The maximum Gasteiger partial charge on any atom is 0.257 e. The molecule has 0 atom stereocenters. The Bertz CT molecular complexity index is 1030. The number of carbonyl (C=O) groups is 1. The zero-order valence-corrected chi connectivity index (χ0v) is 16.4. The molecule has 0 unspecified atom stereocenters. The quantitative estimate of drug-likeness (QED) is 0.649. The summed E-state index contributed by atoms with van der Waals surface area (Å²) in [5, 5.41) is 4.05. The molecule has 1 fully saturated rings. The molecule has 1 aliphatic heterocycles. The van der Waals surface area contributed by atoms with Gasteiger partial charge in [0.15, 0.2) is 5.65 Å². The van der Waals surface area contributed by atoms with Crippen LogP contribution in [-0.4, -0.2) is 33.9 Å². The highest BCUT2D eigenvalue weighted by atomic mass is 79.9. The molecule has 1 amide bonds. The molecule has 0 saturated carbocycles. The number of halogens is 2. The van der Waals surface area contributed by atoms with Crippen LogP contribution >= 0.6 is 15.9 Å². The van der Waals surface area contributed by atoms with Crippen LogP contribution in [0.3, 0.4) is 0 Å².